The first-order valence-electron chi connectivity index (χ1n) is 9.37. The van der Waals surface area contributed by atoms with Gasteiger partial charge in [0.1, 0.15) is 11.5 Å². The summed E-state index contributed by atoms with van der Waals surface area (Å²) in [6.45, 7) is 7.92. The quantitative estimate of drug-likeness (QED) is 0.798. The molecule has 0 atom stereocenters. The van der Waals surface area contributed by atoms with Crippen LogP contribution >= 0.6 is 0 Å². The van der Waals surface area contributed by atoms with Gasteiger partial charge in [0.15, 0.2) is 6.61 Å². The maximum Gasteiger partial charge on any atom is 0.317 e. The second-order valence-corrected chi connectivity index (χ2v) is 7.88. The Morgan fingerprint density at radius 3 is 2.48 bits per heavy atom. The number of amides is 3. The Morgan fingerprint density at radius 1 is 1.19 bits per heavy atom. The van der Waals surface area contributed by atoms with Crippen LogP contribution in [-0.4, -0.2) is 55.7 Å². The molecule has 0 bridgehead atoms. The molecule has 1 aliphatic rings. The predicted octanol–water partition coefficient (Wildman–Crippen LogP) is 2.41. The molecule has 27 heavy (non-hydrogen) atoms. The van der Waals surface area contributed by atoms with E-state index in [9.17, 15) is 9.59 Å². The van der Waals surface area contributed by atoms with Gasteiger partial charge in [0.2, 0.25) is 0 Å². The molecule has 1 aliphatic heterocycles. The van der Waals surface area contributed by atoms with Crippen LogP contribution in [0.2, 0.25) is 0 Å². The number of nitrogens with zero attached hydrogens (tertiary/aromatic N) is 1. The minimum Gasteiger partial charge on any atom is -0.497 e. The summed E-state index contributed by atoms with van der Waals surface area (Å²) in [6, 6.07) is 7.15. The summed E-state index contributed by atoms with van der Waals surface area (Å²) in [5.41, 5.74) is -0.231. The number of piperidine rings is 1. The molecule has 7 heteroatoms. The van der Waals surface area contributed by atoms with Gasteiger partial charge in [-0.25, -0.2) is 4.79 Å². The molecule has 0 aliphatic carbocycles. The van der Waals surface area contributed by atoms with E-state index in [0.29, 0.717) is 37.1 Å². The number of hydrogen-bond donors (Lipinski definition) is 2. The van der Waals surface area contributed by atoms with Gasteiger partial charge in [-0.3, -0.25) is 4.79 Å². The van der Waals surface area contributed by atoms with Crippen molar-refractivity contribution in [1.29, 1.82) is 0 Å². The van der Waals surface area contributed by atoms with E-state index in [1.807, 2.05) is 37.8 Å². The number of carbonyl (C=O) groups excluding carboxylic acids is 2. The average Bonchev–Trinajstić information content (AvgIpc) is 2.64. The molecule has 1 fully saturated rings. The first-order chi connectivity index (χ1) is 12.8. The summed E-state index contributed by atoms with van der Waals surface area (Å²) in [5.74, 6) is 1.52. The smallest absolute Gasteiger partial charge is 0.317 e. The van der Waals surface area contributed by atoms with Gasteiger partial charge < -0.3 is 25.0 Å². The SMILES string of the molecule is COc1cccc(OCC(=O)NCC2CCN(C(=O)NC(C)(C)C)CC2)c1. The molecule has 2 rings (SSSR count). The van der Waals surface area contributed by atoms with Crippen LogP contribution in [0.3, 0.4) is 0 Å². The Bertz CT molecular complexity index is 634. The zero-order valence-electron chi connectivity index (χ0n) is 16.7. The van der Waals surface area contributed by atoms with Crippen LogP contribution in [0.4, 0.5) is 4.79 Å². The Balaban J connectivity index is 1.66. The highest BCUT2D eigenvalue weighted by molar-refractivity contribution is 5.77. The summed E-state index contributed by atoms with van der Waals surface area (Å²) in [7, 11) is 1.59. The fraction of sp³-hybridized carbons (Fsp3) is 0.600. The van der Waals surface area contributed by atoms with E-state index in [1.54, 1.807) is 19.2 Å². The molecule has 0 unspecified atom stereocenters. The molecule has 1 saturated heterocycles. The lowest BCUT2D eigenvalue weighted by atomic mass is 9.97. The highest BCUT2D eigenvalue weighted by atomic mass is 16.5. The van der Waals surface area contributed by atoms with Crippen molar-refractivity contribution in [3.05, 3.63) is 24.3 Å². The van der Waals surface area contributed by atoms with Gasteiger partial charge in [-0.05, 0) is 51.7 Å². The maximum atomic E-state index is 12.2. The van der Waals surface area contributed by atoms with E-state index in [4.69, 9.17) is 9.47 Å². The van der Waals surface area contributed by atoms with Crippen molar-refractivity contribution >= 4 is 11.9 Å². The Kier molecular flexibility index (Phi) is 7.33. The van der Waals surface area contributed by atoms with Gasteiger partial charge in [0.25, 0.3) is 5.91 Å². The molecule has 1 aromatic rings. The van der Waals surface area contributed by atoms with Crippen molar-refractivity contribution in [2.75, 3.05) is 33.4 Å². The van der Waals surface area contributed by atoms with E-state index in [-0.39, 0.29) is 24.1 Å². The fourth-order valence-corrected chi connectivity index (χ4v) is 2.89. The Morgan fingerprint density at radius 2 is 1.85 bits per heavy atom. The number of rotatable bonds is 6. The number of hydrogen-bond acceptors (Lipinski definition) is 4. The van der Waals surface area contributed by atoms with Gasteiger partial charge in [-0.2, -0.15) is 0 Å². The Labute approximate surface area is 161 Å². The Hall–Kier alpha value is -2.44. The minimum atomic E-state index is -0.231. The molecular formula is C20H31N3O4. The maximum absolute atomic E-state index is 12.2. The topological polar surface area (TPSA) is 79.9 Å². The van der Waals surface area contributed by atoms with Crippen LogP contribution in [0.25, 0.3) is 0 Å². The number of urea groups is 1. The predicted molar refractivity (Wildman–Crippen MR) is 104 cm³/mol. The molecule has 150 valence electrons. The second-order valence-electron chi connectivity index (χ2n) is 7.88. The van der Waals surface area contributed by atoms with Gasteiger partial charge in [-0.15, -0.1) is 0 Å². The third-order valence-electron chi connectivity index (χ3n) is 4.38. The second kappa shape index (κ2) is 9.48. The number of nitrogens with one attached hydrogen (secondary N) is 2. The number of ether oxygens (including phenoxy) is 2. The average molecular weight is 377 g/mol. The van der Waals surface area contributed by atoms with Gasteiger partial charge >= 0.3 is 6.03 Å². The molecule has 0 aromatic heterocycles. The van der Waals surface area contributed by atoms with Crippen LogP contribution in [0.1, 0.15) is 33.6 Å². The zero-order chi connectivity index (χ0) is 19.9. The molecular weight excluding hydrogens is 346 g/mol. The molecule has 0 saturated carbocycles. The molecule has 1 aromatic carbocycles. The van der Waals surface area contributed by atoms with Crippen LogP contribution in [0.5, 0.6) is 11.5 Å². The molecule has 0 radical (unpaired) electrons. The van der Waals surface area contributed by atoms with Crippen molar-refractivity contribution < 1.29 is 19.1 Å². The van der Waals surface area contributed by atoms with Crippen LogP contribution in [0, 0.1) is 5.92 Å². The first kappa shape index (κ1) is 20.9. The number of carbonyl (C=O) groups is 2. The summed E-state index contributed by atoms with van der Waals surface area (Å²) < 4.78 is 10.6. The molecule has 7 nitrogen and oxygen atoms in total. The number of methoxy groups -OCH3 is 1. The first-order valence-corrected chi connectivity index (χ1v) is 9.37. The summed E-state index contributed by atoms with van der Waals surface area (Å²) in [6.07, 6.45) is 1.77. The van der Waals surface area contributed by atoms with Crippen molar-refractivity contribution in [3.63, 3.8) is 0 Å². The lowest BCUT2D eigenvalue weighted by Gasteiger charge is -2.34. The minimum absolute atomic E-state index is 0.0170. The molecule has 1 heterocycles. The normalized spacial score (nSPS) is 15.2. The fourth-order valence-electron chi connectivity index (χ4n) is 2.89. The van der Waals surface area contributed by atoms with Crippen molar-refractivity contribution in [1.82, 2.24) is 15.5 Å². The van der Waals surface area contributed by atoms with Crippen LogP contribution in [-0.2, 0) is 4.79 Å². The lowest BCUT2D eigenvalue weighted by molar-refractivity contribution is -0.123. The van der Waals surface area contributed by atoms with E-state index < -0.39 is 0 Å². The van der Waals surface area contributed by atoms with Gasteiger partial charge in [-0.1, -0.05) is 6.07 Å². The van der Waals surface area contributed by atoms with Gasteiger partial charge in [0.05, 0.1) is 7.11 Å². The highest BCUT2D eigenvalue weighted by Gasteiger charge is 2.25. The van der Waals surface area contributed by atoms with E-state index in [1.165, 1.54) is 0 Å². The van der Waals surface area contributed by atoms with E-state index in [0.717, 1.165) is 12.8 Å². The molecule has 2 N–H and O–H groups in total. The largest absolute Gasteiger partial charge is 0.497 e. The van der Waals surface area contributed by atoms with Crippen molar-refractivity contribution in [2.24, 2.45) is 5.92 Å². The summed E-state index contributed by atoms with van der Waals surface area (Å²) in [4.78, 5) is 26.0. The summed E-state index contributed by atoms with van der Waals surface area (Å²) >= 11 is 0. The monoisotopic (exact) mass is 377 g/mol. The molecule has 0 spiro atoms. The third kappa shape index (κ3) is 7.37. The molecule has 3 amide bonds. The van der Waals surface area contributed by atoms with Crippen LogP contribution in [0.15, 0.2) is 24.3 Å². The standard InChI is InChI=1S/C20H31N3O4/c1-20(2,3)22-19(25)23-10-8-15(9-11-23)13-21-18(24)14-27-17-7-5-6-16(12-17)26-4/h5-7,12,15H,8-11,13-14H2,1-4H3,(H,21,24)(H,22,25). The number of likely N-dealkylation sites (tertiary alicyclic amines) is 1. The van der Waals surface area contributed by atoms with Crippen molar-refractivity contribution in [3.8, 4) is 11.5 Å². The lowest BCUT2D eigenvalue weighted by Crippen LogP contribution is -2.51. The highest BCUT2D eigenvalue weighted by Crippen LogP contribution is 2.19. The van der Waals surface area contributed by atoms with Crippen molar-refractivity contribution in [2.45, 2.75) is 39.2 Å². The number of benzene rings is 1. The van der Waals surface area contributed by atoms with E-state index >= 15 is 0 Å². The van der Waals surface area contributed by atoms with Crippen LogP contribution < -0.4 is 20.1 Å². The third-order valence-corrected chi connectivity index (χ3v) is 4.38. The summed E-state index contributed by atoms with van der Waals surface area (Å²) in [5, 5.41) is 5.91. The zero-order valence-corrected chi connectivity index (χ0v) is 16.7. The van der Waals surface area contributed by atoms with E-state index in [2.05, 4.69) is 10.6 Å². The van der Waals surface area contributed by atoms with Gasteiger partial charge in [0, 0.05) is 31.2 Å².